The molecular formula is C11H4ClF6N3. The molecule has 10 heteroatoms. The van der Waals surface area contributed by atoms with Crippen LogP contribution in [-0.4, -0.2) is 15.7 Å². The Hall–Kier alpha value is -1.95. The van der Waals surface area contributed by atoms with Crippen molar-refractivity contribution in [2.45, 2.75) is 18.9 Å². The molecule has 1 heterocycles. The number of aromatic nitrogens is 2. The molecule has 0 amide bonds. The van der Waals surface area contributed by atoms with E-state index < -0.39 is 40.8 Å². The van der Waals surface area contributed by atoms with Crippen molar-refractivity contribution in [3.63, 3.8) is 0 Å². The molecule has 2 aromatic rings. The number of hydrogen-bond acceptors (Lipinski definition) is 2. The van der Waals surface area contributed by atoms with Crippen LogP contribution >= 0.6 is 11.6 Å². The van der Waals surface area contributed by atoms with Crippen molar-refractivity contribution in [3.8, 4) is 6.07 Å². The van der Waals surface area contributed by atoms with Gasteiger partial charge in [-0.3, -0.25) is 0 Å². The van der Waals surface area contributed by atoms with Gasteiger partial charge >= 0.3 is 12.4 Å². The summed E-state index contributed by atoms with van der Waals surface area (Å²) in [5.41, 5.74) is -1.11. The third-order valence-corrected chi connectivity index (χ3v) is 2.95. The summed E-state index contributed by atoms with van der Waals surface area (Å²) >= 11 is 5.70. The molecular weight excluding hydrogens is 324 g/mol. The molecule has 0 saturated carbocycles. The van der Waals surface area contributed by atoms with Crippen molar-refractivity contribution in [3.05, 3.63) is 28.5 Å². The fourth-order valence-corrected chi connectivity index (χ4v) is 2.05. The zero-order valence-electron chi connectivity index (χ0n) is 9.85. The average molecular weight is 328 g/mol. The zero-order chi connectivity index (χ0) is 16.0. The van der Waals surface area contributed by atoms with E-state index in [1.54, 1.807) is 6.07 Å². The van der Waals surface area contributed by atoms with E-state index in [1.165, 1.54) is 0 Å². The maximum Gasteiger partial charge on any atom is 0.449 e. The van der Waals surface area contributed by atoms with Crippen molar-refractivity contribution in [1.82, 2.24) is 9.55 Å². The van der Waals surface area contributed by atoms with E-state index in [9.17, 15) is 26.3 Å². The number of hydrogen-bond donors (Lipinski definition) is 0. The largest absolute Gasteiger partial charge is 0.449 e. The molecule has 0 atom stereocenters. The van der Waals surface area contributed by atoms with Crippen molar-refractivity contribution < 1.29 is 26.3 Å². The van der Waals surface area contributed by atoms with Gasteiger partial charge in [0.2, 0.25) is 5.82 Å². The number of halogens is 7. The summed E-state index contributed by atoms with van der Waals surface area (Å²) in [5, 5.41) is 8.31. The molecule has 0 spiro atoms. The Morgan fingerprint density at radius 1 is 1.19 bits per heavy atom. The minimum atomic E-state index is -5.08. The Kier molecular flexibility index (Phi) is 3.53. The summed E-state index contributed by atoms with van der Waals surface area (Å²) in [5.74, 6) is -1.72. The average Bonchev–Trinajstić information content (AvgIpc) is 2.67. The number of fused-ring (bicyclic) bond motifs is 1. The van der Waals surface area contributed by atoms with Crippen molar-refractivity contribution >= 4 is 22.6 Å². The lowest BCUT2D eigenvalue weighted by Crippen LogP contribution is -2.23. The van der Waals surface area contributed by atoms with Crippen LogP contribution in [0, 0.1) is 11.3 Å². The van der Waals surface area contributed by atoms with Gasteiger partial charge in [0.05, 0.1) is 16.1 Å². The highest BCUT2D eigenvalue weighted by Crippen LogP contribution is 2.36. The standard InChI is InChI=1S/C11H4ClF6N3/c12-7-5(3-19)1-2-6-8(7)20-9(11(16,17)18)21(6)4-10(13,14)15/h1-2H,4H2. The zero-order valence-corrected chi connectivity index (χ0v) is 10.6. The minimum absolute atomic E-state index is 0.0115. The van der Waals surface area contributed by atoms with Gasteiger partial charge < -0.3 is 4.57 Å². The maximum atomic E-state index is 12.8. The lowest BCUT2D eigenvalue weighted by atomic mass is 10.2. The van der Waals surface area contributed by atoms with E-state index in [-0.39, 0.29) is 10.1 Å². The van der Waals surface area contributed by atoms with Gasteiger partial charge in [-0.2, -0.15) is 31.6 Å². The molecule has 0 N–H and O–H groups in total. The van der Waals surface area contributed by atoms with Crippen LogP contribution < -0.4 is 0 Å². The van der Waals surface area contributed by atoms with Crippen molar-refractivity contribution in [1.29, 1.82) is 5.26 Å². The second-order valence-electron chi connectivity index (χ2n) is 4.04. The van der Waals surface area contributed by atoms with E-state index in [4.69, 9.17) is 16.9 Å². The normalized spacial score (nSPS) is 12.7. The van der Waals surface area contributed by atoms with Crippen molar-refractivity contribution in [2.75, 3.05) is 0 Å². The van der Waals surface area contributed by atoms with E-state index in [2.05, 4.69) is 4.98 Å². The third-order valence-electron chi connectivity index (χ3n) is 2.57. The van der Waals surface area contributed by atoms with Gasteiger partial charge in [0.15, 0.2) is 0 Å². The predicted molar refractivity (Wildman–Crippen MR) is 60.5 cm³/mol. The molecule has 1 aromatic carbocycles. The van der Waals surface area contributed by atoms with E-state index in [0.29, 0.717) is 0 Å². The number of benzene rings is 1. The maximum absolute atomic E-state index is 12.8. The molecule has 21 heavy (non-hydrogen) atoms. The fraction of sp³-hybridized carbons (Fsp3) is 0.273. The number of alkyl halides is 6. The smallest absolute Gasteiger partial charge is 0.311 e. The van der Waals surface area contributed by atoms with Gasteiger partial charge in [0.1, 0.15) is 18.1 Å². The highest BCUT2D eigenvalue weighted by Gasteiger charge is 2.41. The SMILES string of the molecule is N#Cc1ccc2c(nc(C(F)(F)F)n2CC(F)(F)F)c1Cl. The molecule has 0 aliphatic rings. The molecule has 0 bridgehead atoms. The number of nitriles is 1. The van der Waals surface area contributed by atoms with Gasteiger partial charge in [-0.05, 0) is 12.1 Å². The summed E-state index contributed by atoms with van der Waals surface area (Å²) in [7, 11) is 0. The first-order valence-corrected chi connectivity index (χ1v) is 5.65. The monoisotopic (exact) mass is 327 g/mol. The molecule has 0 aliphatic heterocycles. The molecule has 3 nitrogen and oxygen atoms in total. The third kappa shape index (κ3) is 2.90. The van der Waals surface area contributed by atoms with Gasteiger partial charge in [-0.15, -0.1) is 0 Å². The van der Waals surface area contributed by atoms with Crippen LogP contribution in [0.15, 0.2) is 12.1 Å². The second-order valence-corrected chi connectivity index (χ2v) is 4.42. The van der Waals surface area contributed by atoms with Crippen LogP contribution in [0.25, 0.3) is 11.0 Å². The van der Waals surface area contributed by atoms with Gasteiger partial charge in [-0.1, -0.05) is 11.6 Å². The number of rotatable bonds is 1. The summed E-state index contributed by atoms with van der Waals surface area (Å²) in [4.78, 5) is 3.13. The molecule has 0 aliphatic carbocycles. The van der Waals surface area contributed by atoms with Crippen LogP contribution in [-0.2, 0) is 12.7 Å². The fourth-order valence-electron chi connectivity index (χ4n) is 1.80. The molecule has 1 aromatic heterocycles. The van der Waals surface area contributed by atoms with Crippen LogP contribution in [0.2, 0.25) is 5.02 Å². The molecule has 2 rings (SSSR count). The van der Waals surface area contributed by atoms with Gasteiger partial charge in [0, 0.05) is 0 Å². The first-order chi connectivity index (χ1) is 9.54. The Labute approximate surface area is 118 Å². The number of nitrogens with zero attached hydrogens (tertiary/aromatic N) is 3. The summed E-state index contributed by atoms with van der Waals surface area (Å²) in [6, 6.07) is 3.61. The molecule has 0 unspecified atom stereocenters. The summed E-state index contributed by atoms with van der Waals surface area (Å²) < 4.78 is 75.8. The van der Waals surface area contributed by atoms with E-state index in [1.807, 2.05) is 0 Å². The van der Waals surface area contributed by atoms with E-state index in [0.717, 1.165) is 12.1 Å². The molecule has 112 valence electrons. The highest BCUT2D eigenvalue weighted by atomic mass is 35.5. The first kappa shape index (κ1) is 15.4. The van der Waals surface area contributed by atoms with Crippen LogP contribution in [0.4, 0.5) is 26.3 Å². The molecule has 0 fully saturated rings. The number of imidazole rings is 1. The predicted octanol–water partition coefficient (Wildman–Crippen LogP) is 4.14. The van der Waals surface area contributed by atoms with Gasteiger partial charge in [0.25, 0.3) is 0 Å². The Morgan fingerprint density at radius 2 is 1.81 bits per heavy atom. The van der Waals surface area contributed by atoms with E-state index >= 15 is 0 Å². The van der Waals surface area contributed by atoms with Gasteiger partial charge in [-0.25, -0.2) is 4.98 Å². The summed E-state index contributed by atoms with van der Waals surface area (Å²) in [6.07, 6.45) is -9.95. The van der Waals surface area contributed by atoms with Crippen molar-refractivity contribution in [2.24, 2.45) is 0 Å². The minimum Gasteiger partial charge on any atom is -0.311 e. The Balaban J connectivity index is 2.80. The lowest BCUT2D eigenvalue weighted by Gasteiger charge is -2.13. The topological polar surface area (TPSA) is 41.6 Å². The van der Waals surface area contributed by atoms with Crippen LogP contribution in [0.5, 0.6) is 0 Å². The van der Waals surface area contributed by atoms with Crippen LogP contribution in [0.3, 0.4) is 0 Å². The quantitative estimate of drug-likeness (QED) is 0.739. The first-order valence-electron chi connectivity index (χ1n) is 5.27. The Morgan fingerprint density at radius 3 is 2.29 bits per heavy atom. The molecule has 0 saturated heterocycles. The lowest BCUT2D eigenvalue weighted by molar-refractivity contribution is -0.160. The summed E-state index contributed by atoms with van der Waals surface area (Å²) in [6.45, 7) is -1.86. The Bertz CT molecular complexity index is 737. The molecule has 0 radical (unpaired) electrons. The highest BCUT2D eigenvalue weighted by molar-refractivity contribution is 6.36. The second kappa shape index (κ2) is 4.80. The van der Waals surface area contributed by atoms with Crippen LogP contribution in [0.1, 0.15) is 11.4 Å².